The Bertz CT molecular complexity index is 601. The molecule has 1 heterocycles. The van der Waals surface area contributed by atoms with Crippen LogP contribution < -0.4 is 5.32 Å². The third-order valence-corrected chi connectivity index (χ3v) is 4.22. The van der Waals surface area contributed by atoms with Crippen molar-refractivity contribution in [3.8, 4) is 0 Å². The Balaban J connectivity index is 1.95. The van der Waals surface area contributed by atoms with Crippen molar-refractivity contribution in [2.45, 2.75) is 12.1 Å². The molecular weight excluding hydrogens is 276 g/mol. The molecule has 0 saturated carbocycles. The first-order valence-corrected chi connectivity index (χ1v) is 7.36. The summed E-state index contributed by atoms with van der Waals surface area (Å²) in [4.78, 5) is 0. The van der Waals surface area contributed by atoms with Crippen LogP contribution >= 0.6 is 0 Å². The summed E-state index contributed by atoms with van der Waals surface area (Å²) in [6.07, 6.45) is 0.306. The van der Waals surface area contributed by atoms with Crippen LogP contribution in [0.25, 0.3) is 0 Å². The Morgan fingerprint density at radius 3 is 2.74 bits per heavy atom. The highest BCUT2D eigenvalue weighted by molar-refractivity contribution is 7.94. The summed E-state index contributed by atoms with van der Waals surface area (Å²) in [6, 6.07) is 2.52. The maximum absolute atomic E-state index is 13.4. The van der Waals surface area contributed by atoms with Crippen molar-refractivity contribution in [1.29, 1.82) is 0 Å². The standard InChI is InChI=1S/C12H13F2NO3S/c13-8-1-2-10(11(14)5-8)12(16)6-15-9-3-4-19(17,18)7-9/h1-5,9,12,15-16H,6-7H2. The van der Waals surface area contributed by atoms with Crippen LogP contribution in [0, 0.1) is 11.6 Å². The van der Waals surface area contributed by atoms with Crippen molar-refractivity contribution >= 4 is 9.84 Å². The number of aliphatic hydroxyl groups excluding tert-OH is 1. The summed E-state index contributed by atoms with van der Waals surface area (Å²) in [7, 11) is -3.17. The maximum Gasteiger partial charge on any atom is 0.173 e. The van der Waals surface area contributed by atoms with Gasteiger partial charge >= 0.3 is 0 Å². The molecule has 0 aliphatic carbocycles. The Hall–Kier alpha value is -1.31. The number of rotatable bonds is 4. The molecule has 0 bridgehead atoms. The quantitative estimate of drug-likeness (QED) is 0.864. The monoisotopic (exact) mass is 289 g/mol. The SMILES string of the molecule is O=S1(=O)C=CC(NCC(O)c2ccc(F)cc2F)C1. The second-order valence-corrected chi connectivity index (χ2v) is 6.29. The Morgan fingerprint density at radius 1 is 1.42 bits per heavy atom. The molecule has 1 aromatic rings. The van der Waals surface area contributed by atoms with Crippen LogP contribution in [0.2, 0.25) is 0 Å². The fraction of sp³-hybridized carbons (Fsp3) is 0.333. The predicted octanol–water partition coefficient (Wildman–Crippen LogP) is 0.898. The van der Waals surface area contributed by atoms with Crippen LogP contribution in [0.1, 0.15) is 11.7 Å². The van der Waals surface area contributed by atoms with Crippen LogP contribution in [0.4, 0.5) is 8.78 Å². The lowest BCUT2D eigenvalue weighted by Crippen LogP contribution is -2.33. The van der Waals surface area contributed by atoms with Gasteiger partial charge in [0.05, 0.1) is 11.9 Å². The minimum Gasteiger partial charge on any atom is -0.387 e. The second kappa shape index (κ2) is 5.36. The zero-order valence-electron chi connectivity index (χ0n) is 9.88. The highest BCUT2D eigenvalue weighted by atomic mass is 32.2. The fourth-order valence-corrected chi connectivity index (χ4v) is 3.12. The highest BCUT2D eigenvalue weighted by Crippen LogP contribution is 2.18. The van der Waals surface area contributed by atoms with Gasteiger partial charge < -0.3 is 10.4 Å². The molecule has 0 saturated heterocycles. The molecule has 0 fully saturated rings. The lowest BCUT2D eigenvalue weighted by molar-refractivity contribution is 0.168. The normalized spacial score (nSPS) is 22.6. The number of nitrogens with one attached hydrogen (secondary N) is 1. The average Bonchev–Trinajstić information content (AvgIpc) is 2.66. The maximum atomic E-state index is 13.4. The molecule has 7 heteroatoms. The van der Waals surface area contributed by atoms with E-state index in [2.05, 4.69) is 5.32 Å². The van der Waals surface area contributed by atoms with E-state index in [0.29, 0.717) is 6.07 Å². The van der Waals surface area contributed by atoms with Crippen LogP contribution in [-0.2, 0) is 9.84 Å². The van der Waals surface area contributed by atoms with E-state index in [1.54, 1.807) is 0 Å². The number of hydrogen-bond acceptors (Lipinski definition) is 4. The summed E-state index contributed by atoms with van der Waals surface area (Å²) in [6.45, 7) is -0.0208. The van der Waals surface area contributed by atoms with Crippen LogP contribution in [0.3, 0.4) is 0 Å². The highest BCUT2D eigenvalue weighted by Gasteiger charge is 2.22. The number of hydrogen-bond donors (Lipinski definition) is 2. The molecule has 1 aromatic carbocycles. The second-order valence-electron chi connectivity index (χ2n) is 4.35. The van der Waals surface area contributed by atoms with Crippen molar-refractivity contribution in [2.24, 2.45) is 0 Å². The molecule has 104 valence electrons. The molecule has 2 rings (SSSR count). The molecule has 19 heavy (non-hydrogen) atoms. The van der Waals surface area contributed by atoms with E-state index >= 15 is 0 Å². The number of benzene rings is 1. The molecule has 1 aliphatic rings. The topological polar surface area (TPSA) is 66.4 Å². The van der Waals surface area contributed by atoms with Crippen molar-refractivity contribution in [2.75, 3.05) is 12.3 Å². The molecule has 0 amide bonds. The number of sulfone groups is 1. The molecule has 0 aromatic heterocycles. The van der Waals surface area contributed by atoms with Gasteiger partial charge in [0, 0.05) is 29.6 Å². The van der Waals surface area contributed by atoms with Gasteiger partial charge in [-0.05, 0) is 6.07 Å². The minimum absolute atomic E-state index is 0.0208. The zero-order chi connectivity index (χ0) is 14.0. The summed E-state index contributed by atoms with van der Waals surface area (Å²) < 4.78 is 48.4. The summed E-state index contributed by atoms with van der Waals surface area (Å²) >= 11 is 0. The van der Waals surface area contributed by atoms with E-state index in [1.807, 2.05) is 0 Å². The fourth-order valence-electron chi connectivity index (χ4n) is 1.85. The van der Waals surface area contributed by atoms with Gasteiger partial charge in [-0.1, -0.05) is 12.1 Å². The Labute approximate surface area is 109 Å². The van der Waals surface area contributed by atoms with Gasteiger partial charge in [-0.3, -0.25) is 0 Å². The van der Waals surface area contributed by atoms with E-state index < -0.39 is 33.6 Å². The van der Waals surface area contributed by atoms with Crippen molar-refractivity contribution in [3.05, 3.63) is 46.9 Å². The van der Waals surface area contributed by atoms with Gasteiger partial charge in [-0.2, -0.15) is 0 Å². The zero-order valence-corrected chi connectivity index (χ0v) is 10.7. The number of halogens is 2. The average molecular weight is 289 g/mol. The first-order chi connectivity index (χ1) is 8.87. The minimum atomic E-state index is -3.17. The summed E-state index contributed by atoms with van der Waals surface area (Å²) in [5.74, 6) is -1.62. The summed E-state index contributed by atoms with van der Waals surface area (Å²) in [5, 5.41) is 13.7. The van der Waals surface area contributed by atoms with Gasteiger partial charge in [0.2, 0.25) is 0 Å². The van der Waals surface area contributed by atoms with Gasteiger partial charge in [-0.25, -0.2) is 17.2 Å². The molecule has 0 radical (unpaired) electrons. The smallest absolute Gasteiger partial charge is 0.173 e. The molecule has 1 aliphatic heterocycles. The Morgan fingerprint density at radius 2 is 2.16 bits per heavy atom. The molecule has 2 unspecified atom stereocenters. The van der Waals surface area contributed by atoms with Crippen molar-refractivity contribution < 1.29 is 22.3 Å². The molecule has 2 atom stereocenters. The van der Waals surface area contributed by atoms with E-state index in [4.69, 9.17) is 0 Å². The van der Waals surface area contributed by atoms with Gasteiger partial charge in [-0.15, -0.1) is 0 Å². The molecule has 4 nitrogen and oxygen atoms in total. The van der Waals surface area contributed by atoms with Crippen LogP contribution in [0.5, 0.6) is 0 Å². The van der Waals surface area contributed by atoms with E-state index in [-0.39, 0.29) is 17.9 Å². The lowest BCUT2D eigenvalue weighted by atomic mass is 10.1. The predicted molar refractivity (Wildman–Crippen MR) is 66.0 cm³/mol. The van der Waals surface area contributed by atoms with E-state index in [9.17, 15) is 22.3 Å². The molecule has 2 N–H and O–H groups in total. The third-order valence-electron chi connectivity index (χ3n) is 2.82. The number of aliphatic hydroxyl groups is 1. The van der Waals surface area contributed by atoms with E-state index in [1.165, 1.54) is 6.08 Å². The van der Waals surface area contributed by atoms with Gasteiger partial charge in [0.15, 0.2) is 9.84 Å². The summed E-state index contributed by atoms with van der Waals surface area (Å²) in [5.41, 5.74) is -0.0290. The first kappa shape index (κ1) is 14.1. The Kier molecular flexibility index (Phi) is 3.98. The largest absolute Gasteiger partial charge is 0.387 e. The molecular formula is C12H13F2NO3S. The van der Waals surface area contributed by atoms with E-state index in [0.717, 1.165) is 17.5 Å². The van der Waals surface area contributed by atoms with Crippen molar-refractivity contribution in [3.63, 3.8) is 0 Å². The van der Waals surface area contributed by atoms with Gasteiger partial charge in [0.1, 0.15) is 11.6 Å². The van der Waals surface area contributed by atoms with Gasteiger partial charge in [0.25, 0.3) is 0 Å². The van der Waals surface area contributed by atoms with Crippen molar-refractivity contribution in [1.82, 2.24) is 5.32 Å². The van der Waals surface area contributed by atoms with Crippen LogP contribution in [0.15, 0.2) is 29.7 Å². The molecule has 0 spiro atoms. The third kappa shape index (κ3) is 3.59. The first-order valence-electron chi connectivity index (χ1n) is 5.65. The lowest BCUT2D eigenvalue weighted by Gasteiger charge is -2.15. The van der Waals surface area contributed by atoms with Crippen LogP contribution in [-0.4, -0.2) is 31.9 Å².